The molecule has 3 heteroatoms. The average molecular weight is 183 g/mol. The van der Waals surface area contributed by atoms with E-state index < -0.39 is 11.6 Å². The van der Waals surface area contributed by atoms with Crippen molar-refractivity contribution in [1.29, 1.82) is 0 Å². The van der Waals surface area contributed by atoms with Crippen LogP contribution in [0.4, 0.5) is 8.78 Å². The van der Waals surface area contributed by atoms with Crippen LogP contribution in [0.25, 0.3) is 0 Å². The van der Waals surface area contributed by atoms with Crippen molar-refractivity contribution >= 4 is 0 Å². The standard InChI is InChI=1S/C10H11F2N/c11-9-4-1-6-5-7(13)2-3-8(6)10(9)12/h1,4,7H,2-3,5,13H2/t7-/m1/s1. The molecule has 0 saturated heterocycles. The van der Waals surface area contributed by atoms with Gasteiger partial charge in [-0.25, -0.2) is 8.78 Å². The highest BCUT2D eigenvalue weighted by Gasteiger charge is 2.20. The van der Waals surface area contributed by atoms with Gasteiger partial charge in [-0.15, -0.1) is 0 Å². The molecule has 1 aliphatic carbocycles. The molecule has 2 rings (SSSR count). The van der Waals surface area contributed by atoms with Crippen molar-refractivity contribution in [2.75, 3.05) is 0 Å². The van der Waals surface area contributed by atoms with Gasteiger partial charge < -0.3 is 5.73 Å². The molecule has 0 aliphatic heterocycles. The molecule has 0 saturated carbocycles. The van der Waals surface area contributed by atoms with Gasteiger partial charge in [0.05, 0.1) is 0 Å². The van der Waals surface area contributed by atoms with Crippen molar-refractivity contribution in [2.24, 2.45) is 5.73 Å². The van der Waals surface area contributed by atoms with Gasteiger partial charge in [0, 0.05) is 6.04 Å². The van der Waals surface area contributed by atoms with Gasteiger partial charge in [0.1, 0.15) is 0 Å². The van der Waals surface area contributed by atoms with E-state index in [4.69, 9.17) is 5.73 Å². The first kappa shape index (κ1) is 8.63. The summed E-state index contributed by atoms with van der Waals surface area (Å²) >= 11 is 0. The summed E-state index contributed by atoms with van der Waals surface area (Å²) in [5.41, 5.74) is 7.10. The number of halogens is 2. The second-order valence-electron chi connectivity index (χ2n) is 3.50. The molecule has 0 aromatic heterocycles. The summed E-state index contributed by atoms with van der Waals surface area (Å²) in [6.07, 6.45) is 1.96. The molecular weight excluding hydrogens is 172 g/mol. The van der Waals surface area contributed by atoms with Crippen LogP contribution in [-0.2, 0) is 12.8 Å². The molecule has 0 bridgehead atoms. The van der Waals surface area contributed by atoms with Crippen molar-refractivity contribution in [2.45, 2.75) is 25.3 Å². The largest absolute Gasteiger partial charge is 0.327 e. The van der Waals surface area contributed by atoms with Gasteiger partial charge in [-0.3, -0.25) is 0 Å². The minimum absolute atomic E-state index is 0.0948. The van der Waals surface area contributed by atoms with E-state index in [-0.39, 0.29) is 6.04 Å². The van der Waals surface area contributed by atoms with E-state index in [1.165, 1.54) is 6.07 Å². The van der Waals surface area contributed by atoms with Crippen molar-refractivity contribution in [3.05, 3.63) is 34.9 Å². The molecule has 2 N–H and O–H groups in total. The van der Waals surface area contributed by atoms with Crippen LogP contribution >= 0.6 is 0 Å². The molecule has 0 spiro atoms. The lowest BCUT2D eigenvalue weighted by atomic mass is 9.88. The molecule has 0 fully saturated rings. The van der Waals surface area contributed by atoms with Crippen LogP contribution in [-0.4, -0.2) is 6.04 Å². The summed E-state index contributed by atoms with van der Waals surface area (Å²) in [4.78, 5) is 0. The normalized spacial score (nSPS) is 21.3. The zero-order valence-corrected chi connectivity index (χ0v) is 7.19. The molecule has 13 heavy (non-hydrogen) atoms. The van der Waals surface area contributed by atoms with Crippen molar-refractivity contribution in [1.82, 2.24) is 0 Å². The Bertz CT molecular complexity index is 336. The first-order chi connectivity index (χ1) is 6.18. The Morgan fingerprint density at radius 1 is 1.31 bits per heavy atom. The van der Waals surface area contributed by atoms with E-state index in [2.05, 4.69) is 0 Å². The molecule has 70 valence electrons. The zero-order valence-electron chi connectivity index (χ0n) is 7.19. The van der Waals surface area contributed by atoms with Gasteiger partial charge in [-0.05, 0) is 36.5 Å². The van der Waals surface area contributed by atoms with Gasteiger partial charge in [0.15, 0.2) is 11.6 Å². The van der Waals surface area contributed by atoms with Crippen LogP contribution < -0.4 is 5.73 Å². The van der Waals surface area contributed by atoms with Crippen LogP contribution in [0.15, 0.2) is 12.1 Å². The fraction of sp³-hybridized carbons (Fsp3) is 0.400. The average Bonchev–Trinajstić information content (AvgIpc) is 2.12. The molecule has 0 radical (unpaired) electrons. The summed E-state index contributed by atoms with van der Waals surface area (Å²) < 4.78 is 26.0. The molecule has 0 unspecified atom stereocenters. The highest BCUT2D eigenvalue weighted by atomic mass is 19.2. The van der Waals surface area contributed by atoms with Gasteiger partial charge in [-0.2, -0.15) is 0 Å². The van der Waals surface area contributed by atoms with Gasteiger partial charge in [0.25, 0.3) is 0 Å². The highest BCUT2D eigenvalue weighted by molar-refractivity contribution is 5.32. The molecule has 0 heterocycles. The van der Waals surface area contributed by atoms with E-state index in [0.717, 1.165) is 12.0 Å². The molecule has 1 nitrogen and oxygen atoms in total. The maximum Gasteiger partial charge on any atom is 0.162 e. The summed E-state index contributed by atoms with van der Waals surface area (Å²) in [5.74, 6) is -1.45. The molecule has 1 atom stereocenters. The third-order valence-corrected chi connectivity index (χ3v) is 2.54. The maximum atomic E-state index is 13.2. The lowest BCUT2D eigenvalue weighted by Gasteiger charge is -2.21. The number of hydrogen-bond donors (Lipinski definition) is 1. The smallest absolute Gasteiger partial charge is 0.162 e. The number of benzene rings is 1. The zero-order chi connectivity index (χ0) is 9.42. The first-order valence-electron chi connectivity index (χ1n) is 4.40. The molecule has 1 aliphatic rings. The van der Waals surface area contributed by atoms with Gasteiger partial charge >= 0.3 is 0 Å². The molecular formula is C10H11F2N. The summed E-state index contributed by atoms with van der Waals surface area (Å²) in [6.45, 7) is 0. The van der Waals surface area contributed by atoms with E-state index in [0.29, 0.717) is 18.4 Å². The molecule has 1 aromatic carbocycles. The minimum Gasteiger partial charge on any atom is -0.327 e. The quantitative estimate of drug-likeness (QED) is 0.652. The Balaban J connectivity index is 2.47. The van der Waals surface area contributed by atoms with Crippen molar-refractivity contribution < 1.29 is 8.78 Å². The monoisotopic (exact) mass is 183 g/mol. The van der Waals surface area contributed by atoms with Crippen LogP contribution in [0.3, 0.4) is 0 Å². The number of nitrogens with two attached hydrogens (primary N) is 1. The Hall–Kier alpha value is -0.960. The van der Waals surface area contributed by atoms with Crippen LogP contribution in [0, 0.1) is 11.6 Å². The van der Waals surface area contributed by atoms with Gasteiger partial charge in [-0.1, -0.05) is 6.07 Å². The summed E-state index contributed by atoms with van der Waals surface area (Å²) in [6, 6.07) is 2.90. The van der Waals surface area contributed by atoms with Crippen LogP contribution in [0.2, 0.25) is 0 Å². The summed E-state index contributed by atoms with van der Waals surface area (Å²) in [5, 5.41) is 0. The number of fused-ring (bicyclic) bond motifs is 1. The Morgan fingerprint density at radius 3 is 2.85 bits per heavy atom. The van der Waals surface area contributed by atoms with E-state index in [1.807, 2.05) is 0 Å². The SMILES string of the molecule is N[C@@H]1CCc2c(ccc(F)c2F)C1. The van der Waals surface area contributed by atoms with Crippen LogP contribution in [0.1, 0.15) is 17.5 Å². The fourth-order valence-corrected chi connectivity index (χ4v) is 1.81. The predicted molar refractivity (Wildman–Crippen MR) is 46.4 cm³/mol. The Labute approximate surface area is 75.6 Å². The topological polar surface area (TPSA) is 26.0 Å². The highest BCUT2D eigenvalue weighted by Crippen LogP contribution is 2.24. The van der Waals surface area contributed by atoms with Crippen molar-refractivity contribution in [3.8, 4) is 0 Å². The second-order valence-corrected chi connectivity index (χ2v) is 3.50. The van der Waals surface area contributed by atoms with E-state index in [9.17, 15) is 8.78 Å². The van der Waals surface area contributed by atoms with E-state index in [1.54, 1.807) is 6.07 Å². The first-order valence-corrected chi connectivity index (χ1v) is 4.40. The lowest BCUT2D eigenvalue weighted by molar-refractivity contribution is 0.477. The Morgan fingerprint density at radius 2 is 2.08 bits per heavy atom. The third kappa shape index (κ3) is 1.44. The van der Waals surface area contributed by atoms with E-state index >= 15 is 0 Å². The number of hydrogen-bond acceptors (Lipinski definition) is 1. The Kier molecular flexibility index (Phi) is 2.04. The van der Waals surface area contributed by atoms with Gasteiger partial charge in [0.2, 0.25) is 0 Å². The molecule has 1 aromatic rings. The number of rotatable bonds is 0. The summed E-state index contributed by atoms with van der Waals surface area (Å²) in [7, 11) is 0. The second kappa shape index (κ2) is 3.07. The molecule has 0 amide bonds. The minimum atomic E-state index is -0.755. The fourth-order valence-electron chi connectivity index (χ4n) is 1.81. The third-order valence-electron chi connectivity index (χ3n) is 2.54. The van der Waals surface area contributed by atoms with Crippen LogP contribution in [0.5, 0.6) is 0 Å². The predicted octanol–water partition coefficient (Wildman–Crippen LogP) is 1.78. The maximum absolute atomic E-state index is 13.2. The lowest BCUT2D eigenvalue weighted by Crippen LogP contribution is -2.28. The van der Waals surface area contributed by atoms with Crippen molar-refractivity contribution in [3.63, 3.8) is 0 Å².